The van der Waals surface area contributed by atoms with Gasteiger partial charge in [0.2, 0.25) is 10.0 Å². The Bertz CT molecular complexity index is 358. The molecule has 92 valence electrons. The molecule has 1 amide bonds. The van der Waals surface area contributed by atoms with Crippen LogP contribution >= 0.6 is 0 Å². The second-order valence-electron chi connectivity index (χ2n) is 3.74. The number of nitrogens with one attached hydrogen (secondary N) is 1. The molecule has 7 heteroatoms. The second kappa shape index (κ2) is 5.31. The van der Waals surface area contributed by atoms with E-state index in [1.54, 1.807) is 0 Å². The van der Waals surface area contributed by atoms with Crippen molar-refractivity contribution < 1.29 is 17.9 Å². The highest BCUT2D eigenvalue weighted by atomic mass is 32.2. The summed E-state index contributed by atoms with van der Waals surface area (Å²) in [6.45, 7) is 3.22. The van der Waals surface area contributed by atoms with Crippen molar-refractivity contribution in [3.8, 4) is 0 Å². The lowest BCUT2D eigenvalue weighted by Crippen LogP contribution is -2.38. The first-order valence-electron chi connectivity index (χ1n) is 5.04. The number of rotatable bonds is 4. The minimum atomic E-state index is -3.38. The molecule has 0 aromatic rings. The van der Waals surface area contributed by atoms with E-state index >= 15 is 0 Å². The van der Waals surface area contributed by atoms with Gasteiger partial charge >= 0.3 is 6.09 Å². The molecule has 0 aromatic carbocycles. The van der Waals surface area contributed by atoms with Crippen LogP contribution in [0.15, 0.2) is 12.0 Å². The maximum Gasteiger partial charge on any atom is 0.404 e. The van der Waals surface area contributed by atoms with Crippen LogP contribution in [0.3, 0.4) is 0 Å². The fourth-order valence-corrected chi connectivity index (χ4v) is 2.54. The minimum absolute atomic E-state index is 0.115. The molecule has 0 unspecified atom stereocenters. The van der Waals surface area contributed by atoms with Crippen LogP contribution in [0.1, 0.15) is 25.7 Å². The lowest BCUT2D eigenvalue weighted by Gasteiger charge is -2.27. The topological polar surface area (TPSA) is 98.5 Å². The van der Waals surface area contributed by atoms with Gasteiger partial charge in [0.15, 0.2) is 0 Å². The molecular formula is C9H16N2O4S. The summed E-state index contributed by atoms with van der Waals surface area (Å²) in [5, 5.41) is 0.888. The van der Waals surface area contributed by atoms with Gasteiger partial charge in [-0.3, -0.25) is 0 Å². The van der Waals surface area contributed by atoms with Crippen LogP contribution in [-0.4, -0.2) is 26.7 Å². The number of nitrogens with two attached hydrogens (primary N) is 1. The number of sulfonamides is 1. The van der Waals surface area contributed by atoms with Gasteiger partial charge in [-0.1, -0.05) is 6.58 Å². The summed E-state index contributed by atoms with van der Waals surface area (Å²) >= 11 is 0. The molecule has 1 aliphatic carbocycles. The molecular weight excluding hydrogens is 232 g/mol. The van der Waals surface area contributed by atoms with Crippen LogP contribution in [0.2, 0.25) is 0 Å². The summed E-state index contributed by atoms with van der Waals surface area (Å²) in [5.41, 5.74) is 4.90. The zero-order valence-corrected chi connectivity index (χ0v) is 9.70. The lowest BCUT2D eigenvalue weighted by atomic mass is 9.94. The van der Waals surface area contributed by atoms with Gasteiger partial charge in [0.05, 0.1) is 0 Å². The number of primary amides is 1. The smallest absolute Gasteiger partial charge is 0.404 e. The SMILES string of the molecule is C=CS(=O)(=O)NC1CCC(OC(N)=O)CC1. The Kier molecular flexibility index (Phi) is 4.31. The van der Waals surface area contributed by atoms with Crippen molar-refractivity contribution in [2.75, 3.05) is 0 Å². The van der Waals surface area contributed by atoms with Crippen molar-refractivity contribution in [3.05, 3.63) is 12.0 Å². The average molecular weight is 248 g/mol. The predicted octanol–water partition coefficient (Wildman–Crippen LogP) is 0.456. The Morgan fingerprint density at radius 3 is 2.38 bits per heavy atom. The number of ether oxygens (including phenoxy) is 1. The van der Waals surface area contributed by atoms with E-state index in [2.05, 4.69) is 11.3 Å². The maximum absolute atomic E-state index is 11.2. The molecule has 0 spiro atoms. The van der Waals surface area contributed by atoms with Gasteiger partial charge in [-0.15, -0.1) is 0 Å². The van der Waals surface area contributed by atoms with Crippen molar-refractivity contribution in [2.24, 2.45) is 5.73 Å². The third-order valence-electron chi connectivity index (χ3n) is 2.51. The summed E-state index contributed by atoms with van der Waals surface area (Å²) in [4.78, 5) is 10.5. The largest absolute Gasteiger partial charge is 0.446 e. The first-order valence-corrected chi connectivity index (χ1v) is 6.58. The maximum atomic E-state index is 11.2. The first kappa shape index (κ1) is 13.0. The number of carbonyl (C=O) groups is 1. The van der Waals surface area contributed by atoms with Crippen LogP contribution < -0.4 is 10.5 Å². The van der Waals surface area contributed by atoms with E-state index in [9.17, 15) is 13.2 Å². The Morgan fingerprint density at radius 2 is 1.94 bits per heavy atom. The number of amides is 1. The molecule has 0 aromatic heterocycles. The van der Waals surface area contributed by atoms with E-state index in [4.69, 9.17) is 10.5 Å². The van der Waals surface area contributed by atoms with Gasteiger partial charge < -0.3 is 10.5 Å². The van der Waals surface area contributed by atoms with Gasteiger partial charge in [-0.25, -0.2) is 17.9 Å². The van der Waals surface area contributed by atoms with Gasteiger partial charge in [0.25, 0.3) is 0 Å². The van der Waals surface area contributed by atoms with Crippen molar-refractivity contribution in [2.45, 2.75) is 37.8 Å². The second-order valence-corrected chi connectivity index (χ2v) is 5.40. The fraction of sp³-hybridized carbons (Fsp3) is 0.667. The first-order chi connectivity index (χ1) is 7.43. The molecule has 0 radical (unpaired) electrons. The monoisotopic (exact) mass is 248 g/mol. The third kappa shape index (κ3) is 4.19. The molecule has 3 N–H and O–H groups in total. The van der Waals surface area contributed by atoms with Crippen molar-refractivity contribution >= 4 is 16.1 Å². The van der Waals surface area contributed by atoms with Crippen LogP contribution in [0.4, 0.5) is 4.79 Å². The van der Waals surface area contributed by atoms with Crippen LogP contribution in [-0.2, 0) is 14.8 Å². The molecule has 1 saturated carbocycles. The van der Waals surface area contributed by atoms with Gasteiger partial charge in [-0.05, 0) is 25.7 Å². The molecule has 0 heterocycles. The van der Waals surface area contributed by atoms with Gasteiger partial charge in [-0.2, -0.15) is 0 Å². The van der Waals surface area contributed by atoms with Gasteiger partial charge in [0, 0.05) is 11.4 Å². The van der Waals surface area contributed by atoms with Crippen molar-refractivity contribution in [1.82, 2.24) is 4.72 Å². The highest BCUT2D eigenvalue weighted by Crippen LogP contribution is 2.21. The van der Waals surface area contributed by atoms with E-state index in [0.717, 1.165) is 5.41 Å². The van der Waals surface area contributed by atoms with E-state index < -0.39 is 16.1 Å². The highest BCUT2D eigenvalue weighted by Gasteiger charge is 2.25. The standard InChI is InChI=1S/C9H16N2O4S/c1-2-16(13,14)11-7-3-5-8(6-4-7)15-9(10)12/h2,7-8,11H,1,3-6H2,(H2,10,12). The van der Waals surface area contributed by atoms with Crippen molar-refractivity contribution in [3.63, 3.8) is 0 Å². The quantitative estimate of drug-likeness (QED) is 0.754. The van der Waals surface area contributed by atoms with E-state index in [1.165, 1.54) is 0 Å². The summed E-state index contributed by atoms with van der Waals surface area (Å²) in [6.07, 6.45) is 1.52. The molecule has 1 fully saturated rings. The zero-order chi connectivity index (χ0) is 12.2. The Labute approximate surface area is 94.9 Å². The highest BCUT2D eigenvalue weighted by molar-refractivity contribution is 7.92. The summed E-state index contributed by atoms with van der Waals surface area (Å²) in [7, 11) is -3.38. The normalized spacial score (nSPS) is 26.0. The lowest BCUT2D eigenvalue weighted by molar-refractivity contribution is 0.0778. The number of carbonyl (C=O) groups excluding carboxylic acids is 1. The van der Waals surface area contributed by atoms with E-state index in [1.807, 2.05) is 0 Å². The number of hydrogen-bond acceptors (Lipinski definition) is 4. The number of hydrogen-bond donors (Lipinski definition) is 2. The molecule has 16 heavy (non-hydrogen) atoms. The van der Waals surface area contributed by atoms with Crippen LogP contribution in [0.5, 0.6) is 0 Å². The average Bonchev–Trinajstić information content (AvgIpc) is 2.20. The Balaban J connectivity index is 2.38. The third-order valence-corrected chi connectivity index (χ3v) is 3.61. The summed E-state index contributed by atoms with van der Waals surface area (Å²) in [6, 6.07) is -0.115. The van der Waals surface area contributed by atoms with Crippen LogP contribution in [0, 0.1) is 0 Å². The molecule has 1 aliphatic rings. The molecule has 0 aliphatic heterocycles. The molecule has 0 atom stereocenters. The van der Waals surface area contributed by atoms with Crippen LogP contribution in [0.25, 0.3) is 0 Å². The van der Waals surface area contributed by atoms with E-state index in [0.29, 0.717) is 25.7 Å². The molecule has 1 rings (SSSR count). The summed E-state index contributed by atoms with van der Waals surface area (Å²) in [5.74, 6) is 0. The summed E-state index contributed by atoms with van der Waals surface area (Å²) < 4.78 is 29.7. The minimum Gasteiger partial charge on any atom is -0.446 e. The van der Waals surface area contributed by atoms with Gasteiger partial charge in [0.1, 0.15) is 6.10 Å². The Hall–Kier alpha value is -1.08. The fourth-order valence-electron chi connectivity index (χ4n) is 1.74. The van der Waals surface area contributed by atoms with Crippen molar-refractivity contribution in [1.29, 1.82) is 0 Å². The predicted molar refractivity (Wildman–Crippen MR) is 59.0 cm³/mol. The molecule has 0 saturated heterocycles. The Morgan fingerprint density at radius 1 is 1.38 bits per heavy atom. The van der Waals surface area contributed by atoms with E-state index in [-0.39, 0.29) is 12.1 Å². The molecule has 0 bridgehead atoms. The molecule has 6 nitrogen and oxygen atoms in total. The zero-order valence-electron chi connectivity index (χ0n) is 8.89.